The Morgan fingerprint density at radius 2 is 1.67 bits per heavy atom. The van der Waals surface area contributed by atoms with Gasteiger partial charge in [0.25, 0.3) is 0 Å². The van der Waals surface area contributed by atoms with Crippen LogP contribution >= 0.6 is 0 Å². The number of hydrogen-bond donors (Lipinski definition) is 1. The summed E-state index contributed by atoms with van der Waals surface area (Å²) in [6.07, 6.45) is 12.6. The van der Waals surface area contributed by atoms with Crippen molar-refractivity contribution in [3.8, 4) is 0 Å². The average Bonchev–Trinajstić information content (AvgIpc) is 2.44. The summed E-state index contributed by atoms with van der Waals surface area (Å²) < 4.78 is 0. The molecular weight excluding hydrogens is 184 g/mol. The monoisotopic (exact) mass is 210 g/mol. The van der Waals surface area contributed by atoms with Crippen molar-refractivity contribution in [2.45, 2.75) is 69.4 Å². The molecule has 0 bridgehead atoms. The number of nitrogens with zero attached hydrogens (tertiary/aromatic N) is 1. The molecule has 0 saturated heterocycles. The van der Waals surface area contributed by atoms with E-state index in [1.807, 2.05) is 0 Å². The van der Waals surface area contributed by atoms with Crippen LogP contribution in [0.1, 0.15) is 57.8 Å². The SMILES string of the molecule is CN(C1CCCCCC1)C1(CN)CCC1. The summed E-state index contributed by atoms with van der Waals surface area (Å²) in [5.41, 5.74) is 6.36. The second-order valence-electron chi connectivity index (χ2n) is 5.54. The van der Waals surface area contributed by atoms with Crippen molar-refractivity contribution >= 4 is 0 Å². The van der Waals surface area contributed by atoms with Gasteiger partial charge >= 0.3 is 0 Å². The quantitative estimate of drug-likeness (QED) is 0.725. The molecule has 2 fully saturated rings. The first-order valence-electron chi connectivity index (χ1n) is 6.71. The Bertz CT molecular complexity index is 185. The van der Waals surface area contributed by atoms with E-state index in [4.69, 9.17) is 5.73 Å². The first-order valence-corrected chi connectivity index (χ1v) is 6.71. The zero-order valence-electron chi connectivity index (χ0n) is 10.2. The Kier molecular flexibility index (Phi) is 3.68. The van der Waals surface area contributed by atoms with Crippen LogP contribution in [0.4, 0.5) is 0 Å². The summed E-state index contributed by atoms with van der Waals surface area (Å²) in [4.78, 5) is 2.64. The third-order valence-corrected chi connectivity index (χ3v) is 4.78. The molecule has 0 atom stereocenters. The molecule has 15 heavy (non-hydrogen) atoms. The van der Waals surface area contributed by atoms with Crippen molar-refractivity contribution in [2.24, 2.45) is 5.73 Å². The lowest BCUT2D eigenvalue weighted by Gasteiger charge is -2.51. The van der Waals surface area contributed by atoms with Crippen LogP contribution < -0.4 is 5.73 Å². The summed E-state index contributed by atoms with van der Waals surface area (Å²) in [5.74, 6) is 0. The second kappa shape index (κ2) is 4.84. The van der Waals surface area contributed by atoms with Crippen molar-refractivity contribution < 1.29 is 0 Å². The first-order chi connectivity index (χ1) is 7.28. The highest BCUT2D eigenvalue weighted by Gasteiger charge is 2.41. The molecule has 0 aromatic heterocycles. The standard InChI is InChI=1S/C13H26N2/c1-15(13(11-14)9-6-10-13)12-7-4-2-3-5-8-12/h12H,2-11,14H2,1H3. The molecule has 2 heteroatoms. The minimum atomic E-state index is 0.384. The van der Waals surface area contributed by atoms with Gasteiger partial charge in [0.1, 0.15) is 0 Å². The summed E-state index contributed by atoms with van der Waals surface area (Å²) in [7, 11) is 2.32. The number of likely N-dealkylation sites (N-methyl/N-ethyl adjacent to an activating group) is 1. The molecular formula is C13H26N2. The molecule has 2 nitrogen and oxygen atoms in total. The first kappa shape index (κ1) is 11.4. The zero-order chi connectivity index (χ0) is 10.7. The smallest absolute Gasteiger partial charge is 0.0331 e. The highest BCUT2D eigenvalue weighted by atomic mass is 15.2. The van der Waals surface area contributed by atoms with Gasteiger partial charge in [-0.25, -0.2) is 0 Å². The highest BCUT2D eigenvalue weighted by molar-refractivity contribution is 4.99. The van der Waals surface area contributed by atoms with Crippen molar-refractivity contribution in [3.05, 3.63) is 0 Å². The fourth-order valence-corrected chi connectivity index (χ4v) is 3.32. The molecule has 0 aliphatic heterocycles. The molecule has 0 aromatic rings. The molecule has 2 aliphatic rings. The minimum absolute atomic E-state index is 0.384. The summed E-state index contributed by atoms with van der Waals surface area (Å²) in [6.45, 7) is 0.861. The van der Waals surface area contributed by atoms with Gasteiger partial charge in [-0.1, -0.05) is 25.7 Å². The molecule has 0 aromatic carbocycles. The van der Waals surface area contributed by atoms with E-state index in [0.29, 0.717) is 5.54 Å². The van der Waals surface area contributed by atoms with E-state index in [0.717, 1.165) is 12.6 Å². The number of hydrogen-bond acceptors (Lipinski definition) is 2. The maximum Gasteiger partial charge on any atom is 0.0331 e. The van der Waals surface area contributed by atoms with Crippen molar-refractivity contribution in [1.29, 1.82) is 0 Å². The molecule has 2 N–H and O–H groups in total. The van der Waals surface area contributed by atoms with Gasteiger partial charge in [0.2, 0.25) is 0 Å². The largest absolute Gasteiger partial charge is 0.329 e. The van der Waals surface area contributed by atoms with Crippen LogP contribution in [0.25, 0.3) is 0 Å². The van der Waals surface area contributed by atoms with E-state index >= 15 is 0 Å². The summed E-state index contributed by atoms with van der Waals surface area (Å²) in [5, 5.41) is 0. The summed E-state index contributed by atoms with van der Waals surface area (Å²) in [6, 6.07) is 0.816. The van der Waals surface area contributed by atoms with Gasteiger partial charge in [-0.3, -0.25) is 4.90 Å². The van der Waals surface area contributed by atoms with Gasteiger partial charge in [0.15, 0.2) is 0 Å². The van der Waals surface area contributed by atoms with E-state index in [1.165, 1.54) is 57.8 Å². The number of rotatable bonds is 3. The van der Waals surface area contributed by atoms with Crippen LogP contribution in [0.2, 0.25) is 0 Å². The van der Waals surface area contributed by atoms with Crippen LogP contribution in [0.5, 0.6) is 0 Å². The lowest BCUT2D eigenvalue weighted by Crippen LogP contribution is -2.59. The van der Waals surface area contributed by atoms with E-state index < -0.39 is 0 Å². The van der Waals surface area contributed by atoms with Crippen LogP contribution in [0.15, 0.2) is 0 Å². The Morgan fingerprint density at radius 1 is 1.07 bits per heavy atom. The van der Waals surface area contributed by atoms with Gasteiger partial charge in [-0.2, -0.15) is 0 Å². The topological polar surface area (TPSA) is 29.3 Å². The summed E-state index contributed by atoms with van der Waals surface area (Å²) >= 11 is 0. The maximum atomic E-state index is 5.97. The van der Waals surface area contributed by atoms with Crippen molar-refractivity contribution in [2.75, 3.05) is 13.6 Å². The van der Waals surface area contributed by atoms with Gasteiger partial charge in [0.05, 0.1) is 0 Å². The zero-order valence-corrected chi connectivity index (χ0v) is 10.2. The third kappa shape index (κ3) is 2.21. The highest BCUT2D eigenvalue weighted by Crippen LogP contribution is 2.39. The lowest BCUT2D eigenvalue weighted by atomic mass is 9.74. The fourth-order valence-electron chi connectivity index (χ4n) is 3.32. The Hall–Kier alpha value is -0.0800. The van der Waals surface area contributed by atoms with E-state index in [1.54, 1.807) is 0 Å². The predicted molar refractivity (Wildman–Crippen MR) is 64.9 cm³/mol. The molecule has 88 valence electrons. The van der Waals surface area contributed by atoms with Crippen LogP contribution in [-0.2, 0) is 0 Å². The predicted octanol–water partition coefficient (Wildman–Crippen LogP) is 2.52. The van der Waals surface area contributed by atoms with Gasteiger partial charge in [-0.05, 0) is 39.2 Å². The van der Waals surface area contributed by atoms with Gasteiger partial charge in [0, 0.05) is 18.1 Å². The second-order valence-corrected chi connectivity index (χ2v) is 5.54. The van der Waals surface area contributed by atoms with Crippen LogP contribution in [0, 0.1) is 0 Å². The molecule has 0 radical (unpaired) electrons. The Labute approximate surface area is 94.2 Å². The van der Waals surface area contributed by atoms with Crippen molar-refractivity contribution in [3.63, 3.8) is 0 Å². The average molecular weight is 210 g/mol. The van der Waals surface area contributed by atoms with Gasteiger partial charge in [-0.15, -0.1) is 0 Å². The van der Waals surface area contributed by atoms with E-state index in [2.05, 4.69) is 11.9 Å². The van der Waals surface area contributed by atoms with E-state index in [-0.39, 0.29) is 0 Å². The van der Waals surface area contributed by atoms with Crippen LogP contribution in [-0.4, -0.2) is 30.1 Å². The van der Waals surface area contributed by atoms with Crippen LogP contribution in [0.3, 0.4) is 0 Å². The molecule has 0 unspecified atom stereocenters. The molecule has 0 spiro atoms. The molecule has 0 heterocycles. The molecule has 2 saturated carbocycles. The van der Waals surface area contributed by atoms with Gasteiger partial charge < -0.3 is 5.73 Å². The van der Waals surface area contributed by atoms with E-state index in [9.17, 15) is 0 Å². The Balaban J connectivity index is 1.95. The minimum Gasteiger partial charge on any atom is -0.329 e. The lowest BCUT2D eigenvalue weighted by molar-refractivity contribution is 0.00655. The maximum absolute atomic E-state index is 5.97. The molecule has 2 rings (SSSR count). The Morgan fingerprint density at radius 3 is 2.07 bits per heavy atom. The number of nitrogens with two attached hydrogens (primary N) is 1. The molecule has 0 amide bonds. The molecule has 2 aliphatic carbocycles. The fraction of sp³-hybridized carbons (Fsp3) is 1.00. The normalized spacial score (nSPS) is 27.4. The third-order valence-electron chi connectivity index (χ3n) is 4.78. The van der Waals surface area contributed by atoms with Crippen molar-refractivity contribution in [1.82, 2.24) is 4.90 Å².